The van der Waals surface area contributed by atoms with E-state index in [2.05, 4.69) is 10.1 Å². The van der Waals surface area contributed by atoms with Gasteiger partial charge in [-0.3, -0.25) is 4.79 Å². The van der Waals surface area contributed by atoms with E-state index < -0.39 is 22.9 Å². The summed E-state index contributed by atoms with van der Waals surface area (Å²) in [7, 11) is 0. The van der Waals surface area contributed by atoms with Gasteiger partial charge in [0.2, 0.25) is 5.88 Å². The molecule has 0 spiro atoms. The summed E-state index contributed by atoms with van der Waals surface area (Å²) in [6.07, 6.45) is 2.32. The van der Waals surface area contributed by atoms with Gasteiger partial charge in [-0.2, -0.15) is 5.16 Å². The van der Waals surface area contributed by atoms with E-state index in [0.29, 0.717) is 18.1 Å². The largest absolute Gasteiger partial charge is 0.479 e. The van der Waals surface area contributed by atoms with E-state index in [-0.39, 0.29) is 17.9 Å². The molecule has 0 unspecified atom stereocenters. The third kappa shape index (κ3) is 3.90. The van der Waals surface area contributed by atoms with Crippen molar-refractivity contribution in [2.75, 3.05) is 6.61 Å². The van der Waals surface area contributed by atoms with Crippen molar-refractivity contribution in [2.45, 2.75) is 20.0 Å². The second-order valence-electron chi connectivity index (χ2n) is 5.44. The molecular weight excluding hydrogens is 346 g/mol. The second-order valence-corrected chi connectivity index (χ2v) is 5.44. The first-order chi connectivity index (χ1) is 12.6. The third-order valence-electron chi connectivity index (χ3n) is 3.46. The minimum atomic E-state index is -0.886. The van der Waals surface area contributed by atoms with Gasteiger partial charge in [-0.25, -0.2) is 13.8 Å². The number of halogens is 2. The lowest BCUT2D eigenvalue weighted by Gasteiger charge is -2.12. The van der Waals surface area contributed by atoms with Crippen LogP contribution < -0.4 is 15.0 Å². The van der Waals surface area contributed by atoms with Gasteiger partial charge in [-0.1, -0.05) is 6.92 Å². The van der Waals surface area contributed by atoms with Crippen molar-refractivity contribution < 1.29 is 22.8 Å². The molecule has 0 aliphatic rings. The summed E-state index contributed by atoms with van der Waals surface area (Å²) in [5, 5.41) is 2.07. The fourth-order valence-corrected chi connectivity index (χ4v) is 2.31. The smallest absolute Gasteiger partial charge is 0.280 e. The summed E-state index contributed by atoms with van der Waals surface area (Å²) in [6, 6.07) is 6.74. The fraction of sp³-hybridized carbons (Fsp3) is 0.222. The molecule has 2 aromatic heterocycles. The Morgan fingerprint density at radius 3 is 2.62 bits per heavy atom. The maximum absolute atomic E-state index is 14.4. The quantitative estimate of drug-likeness (QED) is 0.694. The fourth-order valence-electron chi connectivity index (χ4n) is 2.31. The number of hydrogen-bond acceptors (Lipinski definition) is 5. The van der Waals surface area contributed by atoms with E-state index in [1.807, 2.05) is 6.92 Å². The van der Waals surface area contributed by atoms with Gasteiger partial charge in [0, 0.05) is 11.8 Å². The van der Waals surface area contributed by atoms with Crippen molar-refractivity contribution in [2.24, 2.45) is 0 Å². The summed E-state index contributed by atoms with van der Waals surface area (Å²) in [4.78, 5) is 15.1. The Kier molecular flexibility index (Phi) is 5.31. The number of ether oxygens (including phenoxy) is 2. The highest BCUT2D eigenvalue weighted by atomic mass is 19.1. The Labute approximate surface area is 147 Å². The number of nitrogens with zero attached hydrogens (tertiary/aromatic N) is 1. The highest BCUT2D eigenvalue weighted by Crippen LogP contribution is 2.33. The number of hydrogen-bond donors (Lipinski definition) is 1. The van der Waals surface area contributed by atoms with Crippen LogP contribution in [0.3, 0.4) is 0 Å². The molecule has 136 valence electrons. The second kappa shape index (κ2) is 7.81. The lowest BCUT2D eigenvalue weighted by atomic mass is 10.1. The van der Waals surface area contributed by atoms with Crippen molar-refractivity contribution >= 4 is 0 Å². The number of pyridine rings is 1. The van der Waals surface area contributed by atoms with E-state index >= 15 is 0 Å². The zero-order valence-corrected chi connectivity index (χ0v) is 13.9. The molecule has 6 nitrogen and oxygen atoms in total. The van der Waals surface area contributed by atoms with Crippen LogP contribution in [0.25, 0.3) is 11.1 Å². The molecule has 0 amide bonds. The highest BCUT2D eigenvalue weighted by Gasteiger charge is 2.17. The summed E-state index contributed by atoms with van der Waals surface area (Å²) >= 11 is 0. The zero-order valence-electron chi connectivity index (χ0n) is 13.9. The predicted molar refractivity (Wildman–Crippen MR) is 89.0 cm³/mol. The molecule has 0 bridgehead atoms. The molecule has 3 aromatic rings. The van der Waals surface area contributed by atoms with Crippen molar-refractivity contribution in [1.82, 2.24) is 10.1 Å². The zero-order chi connectivity index (χ0) is 18.5. The molecule has 0 atom stereocenters. The molecule has 0 aliphatic carbocycles. The van der Waals surface area contributed by atoms with Gasteiger partial charge in [0.15, 0.2) is 23.1 Å². The molecular formula is C18H16F2N2O4. The Morgan fingerprint density at radius 1 is 1.19 bits per heavy atom. The Morgan fingerprint density at radius 2 is 1.96 bits per heavy atom. The molecule has 0 saturated carbocycles. The minimum absolute atomic E-state index is 0.125. The van der Waals surface area contributed by atoms with Crippen molar-refractivity contribution in [3.63, 3.8) is 0 Å². The number of aromatic amines is 1. The first kappa shape index (κ1) is 17.7. The molecule has 0 saturated heterocycles. The van der Waals surface area contributed by atoms with E-state index in [4.69, 9.17) is 14.0 Å². The number of nitrogens with one attached hydrogen (secondary N) is 1. The van der Waals surface area contributed by atoms with Crippen molar-refractivity contribution in [1.29, 1.82) is 0 Å². The van der Waals surface area contributed by atoms with Crippen LogP contribution in [0.15, 0.2) is 45.8 Å². The lowest BCUT2D eigenvalue weighted by Crippen LogP contribution is -2.02. The number of aromatic nitrogens is 2. The van der Waals surface area contributed by atoms with Crippen molar-refractivity contribution in [3.05, 3.63) is 64.3 Å². The first-order valence-electron chi connectivity index (χ1n) is 7.96. The van der Waals surface area contributed by atoms with E-state index in [9.17, 15) is 13.6 Å². The van der Waals surface area contributed by atoms with E-state index in [0.717, 1.165) is 24.6 Å². The van der Waals surface area contributed by atoms with Gasteiger partial charge in [0.1, 0.15) is 6.61 Å². The summed E-state index contributed by atoms with van der Waals surface area (Å²) in [5.41, 5.74) is 0.290. The van der Waals surface area contributed by atoms with Gasteiger partial charge in [0.05, 0.1) is 12.7 Å². The van der Waals surface area contributed by atoms with Crippen molar-refractivity contribution in [3.8, 4) is 22.8 Å². The minimum Gasteiger partial charge on any atom is -0.479 e. The molecule has 0 aliphatic heterocycles. The van der Waals surface area contributed by atoms with Crippen LogP contribution in [0.2, 0.25) is 0 Å². The molecule has 26 heavy (non-hydrogen) atoms. The van der Waals surface area contributed by atoms with E-state index in [1.54, 1.807) is 18.3 Å². The van der Waals surface area contributed by atoms with Gasteiger partial charge < -0.3 is 14.0 Å². The third-order valence-corrected chi connectivity index (χ3v) is 3.46. The van der Waals surface area contributed by atoms with Gasteiger partial charge >= 0.3 is 0 Å². The number of benzene rings is 1. The molecule has 1 aromatic carbocycles. The van der Waals surface area contributed by atoms with Crippen LogP contribution in [0.4, 0.5) is 8.78 Å². The van der Waals surface area contributed by atoms with Gasteiger partial charge in [-0.15, -0.1) is 0 Å². The molecule has 0 radical (unpaired) electrons. The highest BCUT2D eigenvalue weighted by molar-refractivity contribution is 5.69. The van der Waals surface area contributed by atoms with Crippen LogP contribution in [0.1, 0.15) is 19.1 Å². The molecule has 0 fully saturated rings. The van der Waals surface area contributed by atoms with Crippen LogP contribution >= 0.6 is 0 Å². The van der Waals surface area contributed by atoms with Crippen LogP contribution in [0, 0.1) is 11.6 Å². The monoisotopic (exact) mass is 362 g/mol. The van der Waals surface area contributed by atoms with Crippen LogP contribution in [-0.2, 0) is 6.61 Å². The predicted octanol–water partition coefficient (Wildman–Crippen LogP) is 3.68. The average Bonchev–Trinajstić information content (AvgIpc) is 3.04. The van der Waals surface area contributed by atoms with Crippen LogP contribution in [-0.4, -0.2) is 16.7 Å². The molecule has 2 heterocycles. The lowest BCUT2D eigenvalue weighted by molar-refractivity contribution is 0.230. The van der Waals surface area contributed by atoms with E-state index in [1.165, 1.54) is 0 Å². The summed E-state index contributed by atoms with van der Waals surface area (Å²) < 4.78 is 44.1. The standard InChI is InChI=1S/C18H16F2N2O4/c1-2-6-24-18-13(4-3-5-21-18)11-7-14(19)17(15(20)8-11)25-10-12-9-16(23)22-26-12/h3-5,7-9H,2,6,10H2,1H3,(H,22,23). The molecule has 1 N–H and O–H groups in total. The maximum atomic E-state index is 14.4. The Hall–Kier alpha value is -3.16. The first-order valence-corrected chi connectivity index (χ1v) is 7.96. The molecule has 3 rings (SSSR count). The number of rotatable bonds is 7. The van der Waals surface area contributed by atoms with Gasteiger partial charge in [0.25, 0.3) is 5.56 Å². The maximum Gasteiger partial charge on any atom is 0.280 e. The van der Waals surface area contributed by atoms with Gasteiger partial charge in [-0.05, 0) is 36.2 Å². The molecule has 8 heteroatoms. The SMILES string of the molecule is CCCOc1ncccc1-c1cc(F)c(OCc2cc(=O)[nH]o2)c(F)c1. The normalized spacial score (nSPS) is 10.7. The Balaban J connectivity index is 1.86. The average molecular weight is 362 g/mol. The number of H-pyrrole nitrogens is 1. The topological polar surface area (TPSA) is 77.4 Å². The summed E-state index contributed by atoms with van der Waals surface area (Å²) in [5.74, 6) is -1.90. The van der Waals surface area contributed by atoms with Crippen LogP contribution in [0.5, 0.6) is 11.6 Å². The summed E-state index contributed by atoms with van der Waals surface area (Å²) in [6.45, 7) is 2.10. The Bertz CT molecular complexity index is 929.